The zero-order valence-electron chi connectivity index (χ0n) is 8.07. The van der Waals surface area contributed by atoms with Gasteiger partial charge < -0.3 is 5.73 Å². The van der Waals surface area contributed by atoms with Crippen LogP contribution in [0.2, 0.25) is 0 Å². The van der Waals surface area contributed by atoms with E-state index in [-0.39, 0.29) is 5.12 Å². The standard InChI is InChI=1S/C11H13NOS/c1-9(13)14-8-4-6-10-5-2-3-7-11(10)12/h2-7H,8,12H2,1H3. The molecule has 0 aliphatic heterocycles. The number of carbonyl (C=O) groups excluding carboxylic acids is 1. The van der Waals surface area contributed by atoms with Gasteiger partial charge in [-0.05, 0) is 11.6 Å². The highest BCUT2D eigenvalue weighted by atomic mass is 32.2. The van der Waals surface area contributed by atoms with Gasteiger partial charge in [0.2, 0.25) is 0 Å². The fourth-order valence-electron chi connectivity index (χ4n) is 1.00. The van der Waals surface area contributed by atoms with Gasteiger partial charge in [-0.3, -0.25) is 4.79 Å². The fraction of sp³-hybridized carbons (Fsp3) is 0.182. The van der Waals surface area contributed by atoms with Crippen LogP contribution in [0.25, 0.3) is 6.08 Å². The first-order valence-corrected chi connectivity index (χ1v) is 5.33. The molecule has 74 valence electrons. The van der Waals surface area contributed by atoms with E-state index in [4.69, 9.17) is 5.73 Å². The largest absolute Gasteiger partial charge is 0.398 e. The molecule has 0 radical (unpaired) electrons. The molecule has 1 aromatic carbocycles. The summed E-state index contributed by atoms with van der Waals surface area (Å²) in [6.07, 6.45) is 3.88. The highest BCUT2D eigenvalue weighted by Crippen LogP contribution is 2.12. The van der Waals surface area contributed by atoms with Gasteiger partial charge in [0.15, 0.2) is 5.12 Å². The Kier molecular flexibility index (Phi) is 4.26. The molecule has 0 aliphatic rings. The zero-order valence-corrected chi connectivity index (χ0v) is 8.88. The van der Waals surface area contributed by atoms with Gasteiger partial charge in [0.1, 0.15) is 0 Å². The first-order valence-electron chi connectivity index (χ1n) is 4.34. The summed E-state index contributed by atoms with van der Waals surface area (Å²) in [6.45, 7) is 1.56. The monoisotopic (exact) mass is 207 g/mol. The number of nitrogen functional groups attached to an aromatic ring is 1. The third kappa shape index (κ3) is 3.66. The first kappa shape index (κ1) is 10.9. The van der Waals surface area contributed by atoms with Gasteiger partial charge in [0.05, 0.1) is 0 Å². The molecule has 2 nitrogen and oxygen atoms in total. The highest BCUT2D eigenvalue weighted by Gasteiger charge is 1.92. The summed E-state index contributed by atoms with van der Waals surface area (Å²) in [4.78, 5) is 10.6. The van der Waals surface area contributed by atoms with Crippen LogP contribution in [0.15, 0.2) is 30.3 Å². The van der Waals surface area contributed by atoms with Crippen LogP contribution >= 0.6 is 11.8 Å². The second kappa shape index (κ2) is 5.50. The van der Waals surface area contributed by atoms with Crippen LogP contribution in [-0.4, -0.2) is 10.9 Å². The molecule has 0 saturated carbocycles. The molecular formula is C11H13NOS. The number of nitrogens with two attached hydrogens (primary N) is 1. The third-order valence-corrected chi connectivity index (χ3v) is 2.44. The Morgan fingerprint density at radius 2 is 2.21 bits per heavy atom. The van der Waals surface area contributed by atoms with Crippen LogP contribution in [-0.2, 0) is 4.79 Å². The Labute approximate surface area is 88.2 Å². The summed E-state index contributed by atoms with van der Waals surface area (Å²) in [6, 6.07) is 7.65. The number of carbonyl (C=O) groups is 1. The number of benzene rings is 1. The van der Waals surface area contributed by atoms with Crippen molar-refractivity contribution in [3.8, 4) is 0 Å². The van der Waals surface area contributed by atoms with Crippen LogP contribution in [0.3, 0.4) is 0 Å². The molecule has 1 rings (SSSR count). The topological polar surface area (TPSA) is 43.1 Å². The number of anilines is 1. The molecule has 0 spiro atoms. The minimum atomic E-state index is 0.135. The smallest absolute Gasteiger partial charge is 0.186 e. The van der Waals surface area contributed by atoms with Gasteiger partial charge in [-0.1, -0.05) is 42.1 Å². The van der Waals surface area contributed by atoms with Crippen molar-refractivity contribution < 1.29 is 4.79 Å². The lowest BCUT2D eigenvalue weighted by molar-refractivity contribution is -0.109. The highest BCUT2D eigenvalue weighted by molar-refractivity contribution is 8.13. The van der Waals surface area contributed by atoms with E-state index < -0.39 is 0 Å². The van der Waals surface area contributed by atoms with E-state index in [0.717, 1.165) is 11.3 Å². The van der Waals surface area contributed by atoms with Crippen molar-refractivity contribution in [3.05, 3.63) is 35.9 Å². The van der Waals surface area contributed by atoms with E-state index in [1.54, 1.807) is 6.92 Å². The van der Waals surface area contributed by atoms with Gasteiger partial charge >= 0.3 is 0 Å². The molecule has 0 aliphatic carbocycles. The molecule has 2 N–H and O–H groups in total. The van der Waals surface area contributed by atoms with Crippen molar-refractivity contribution in [1.82, 2.24) is 0 Å². The normalized spacial score (nSPS) is 10.6. The summed E-state index contributed by atoms with van der Waals surface area (Å²) in [5.41, 5.74) is 7.50. The van der Waals surface area contributed by atoms with Gasteiger partial charge in [0, 0.05) is 18.4 Å². The van der Waals surface area contributed by atoms with E-state index >= 15 is 0 Å². The fourth-order valence-corrected chi connectivity index (χ4v) is 1.43. The average molecular weight is 207 g/mol. The van der Waals surface area contributed by atoms with E-state index in [1.807, 2.05) is 36.4 Å². The van der Waals surface area contributed by atoms with Crippen molar-refractivity contribution in [2.75, 3.05) is 11.5 Å². The maximum atomic E-state index is 10.6. The van der Waals surface area contributed by atoms with E-state index in [0.29, 0.717) is 5.75 Å². The summed E-state index contributed by atoms with van der Waals surface area (Å²) < 4.78 is 0. The predicted molar refractivity (Wildman–Crippen MR) is 63.0 cm³/mol. The minimum Gasteiger partial charge on any atom is -0.398 e. The van der Waals surface area contributed by atoms with Crippen molar-refractivity contribution in [2.45, 2.75) is 6.92 Å². The molecule has 0 saturated heterocycles. The Bertz CT molecular complexity index is 347. The first-order chi connectivity index (χ1) is 6.70. The van der Waals surface area contributed by atoms with E-state index in [1.165, 1.54) is 11.8 Å². The van der Waals surface area contributed by atoms with Crippen molar-refractivity contribution in [1.29, 1.82) is 0 Å². The van der Waals surface area contributed by atoms with Gasteiger partial charge in [-0.15, -0.1) is 0 Å². The SMILES string of the molecule is CC(=O)SCC=Cc1ccccc1N. The number of rotatable bonds is 3. The van der Waals surface area contributed by atoms with Crippen LogP contribution in [0.4, 0.5) is 5.69 Å². The summed E-state index contributed by atoms with van der Waals surface area (Å²) in [5, 5.41) is 0.135. The van der Waals surface area contributed by atoms with E-state index in [9.17, 15) is 4.79 Å². The molecule has 0 amide bonds. The molecule has 0 atom stereocenters. The molecule has 0 fully saturated rings. The second-order valence-corrected chi connectivity index (χ2v) is 4.03. The number of thioether (sulfide) groups is 1. The van der Waals surface area contributed by atoms with Gasteiger partial charge in [-0.25, -0.2) is 0 Å². The molecule has 1 aromatic rings. The second-order valence-electron chi connectivity index (χ2n) is 2.83. The Hall–Kier alpha value is -1.22. The lowest BCUT2D eigenvalue weighted by Crippen LogP contribution is -1.87. The minimum absolute atomic E-state index is 0.135. The van der Waals surface area contributed by atoms with Crippen LogP contribution in [0.1, 0.15) is 12.5 Å². The number of hydrogen-bond donors (Lipinski definition) is 1. The van der Waals surface area contributed by atoms with E-state index in [2.05, 4.69) is 0 Å². The van der Waals surface area contributed by atoms with Crippen LogP contribution in [0.5, 0.6) is 0 Å². The lowest BCUT2D eigenvalue weighted by atomic mass is 10.2. The quantitative estimate of drug-likeness (QED) is 0.775. The Morgan fingerprint density at radius 1 is 1.50 bits per heavy atom. The molecule has 0 unspecified atom stereocenters. The number of hydrogen-bond acceptors (Lipinski definition) is 3. The van der Waals surface area contributed by atoms with Crippen molar-refractivity contribution in [2.24, 2.45) is 0 Å². The average Bonchev–Trinajstić information content (AvgIpc) is 2.15. The Balaban J connectivity index is 2.52. The zero-order chi connectivity index (χ0) is 10.4. The van der Waals surface area contributed by atoms with Gasteiger partial charge in [0.25, 0.3) is 0 Å². The third-order valence-electron chi connectivity index (χ3n) is 1.68. The number of para-hydroxylation sites is 1. The summed E-state index contributed by atoms with van der Waals surface area (Å²) >= 11 is 1.29. The van der Waals surface area contributed by atoms with Crippen LogP contribution in [0, 0.1) is 0 Å². The molecule has 0 aromatic heterocycles. The summed E-state index contributed by atoms with van der Waals surface area (Å²) in [5.74, 6) is 0.698. The van der Waals surface area contributed by atoms with Crippen molar-refractivity contribution >= 4 is 28.6 Å². The summed E-state index contributed by atoms with van der Waals surface area (Å²) in [7, 11) is 0. The van der Waals surface area contributed by atoms with Crippen molar-refractivity contribution in [3.63, 3.8) is 0 Å². The Morgan fingerprint density at radius 3 is 2.86 bits per heavy atom. The molecule has 3 heteroatoms. The predicted octanol–water partition coefficient (Wildman–Crippen LogP) is 2.56. The van der Waals surface area contributed by atoms with Crippen LogP contribution < -0.4 is 5.73 Å². The maximum absolute atomic E-state index is 10.6. The maximum Gasteiger partial charge on any atom is 0.186 e. The molecule has 0 bridgehead atoms. The van der Waals surface area contributed by atoms with Gasteiger partial charge in [-0.2, -0.15) is 0 Å². The molecule has 0 heterocycles. The molecule has 14 heavy (non-hydrogen) atoms. The lowest BCUT2D eigenvalue weighted by Gasteiger charge is -1.97. The molecular weight excluding hydrogens is 194 g/mol.